The van der Waals surface area contributed by atoms with Crippen molar-refractivity contribution in [2.75, 3.05) is 18.6 Å². The first-order valence-electron chi connectivity index (χ1n) is 8.03. The molecule has 0 unspecified atom stereocenters. The third-order valence-corrected chi connectivity index (χ3v) is 7.09. The van der Waals surface area contributed by atoms with Crippen LogP contribution in [0.4, 0.5) is 0 Å². The number of pyridine rings is 1. The van der Waals surface area contributed by atoms with Crippen LogP contribution in [0.15, 0.2) is 52.5 Å². The number of rotatable bonds is 4. The molecule has 1 saturated heterocycles. The summed E-state index contributed by atoms with van der Waals surface area (Å²) in [6, 6.07) is 11.2. The number of carbonyl (C=O) groups excluding carboxylic acids is 1. The Labute approximate surface area is 152 Å². The molecule has 25 heavy (non-hydrogen) atoms. The van der Waals surface area contributed by atoms with Gasteiger partial charge in [-0.15, -0.1) is 0 Å². The molecule has 3 rings (SSSR count). The van der Waals surface area contributed by atoms with Crippen molar-refractivity contribution in [2.45, 2.75) is 29.3 Å². The predicted molar refractivity (Wildman–Crippen MR) is 98.7 cm³/mol. The monoisotopic (exact) mass is 376 g/mol. The Hall–Kier alpha value is -1.86. The van der Waals surface area contributed by atoms with Gasteiger partial charge in [0.1, 0.15) is 5.03 Å². The van der Waals surface area contributed by atoms with Gasteiger partial charge in [-0.2, -0.15) is 0 Å². The Morgan fingerprint density at radius 3 is 2.60 bits per heavy atom. The number of hydrogen-bond acceptors (Lipinski definition) is 5. The average molecular weight is 377 g/mol. The summed E-state index contributed by atoms with van der Waals surface area (Å²) in [5, 5.41) is 0.629. The summed E-state index contributed by atoms with van der Waals surface area (Å²) in [5.74, 6) is -0.00622. The van der Waals surface area contributed by atoms with Gasteiger partial charge in [0.2, 0.25) is 0 Å². The second-order valence-electron chi connectivity index (χ2n) is 6.24. The van der Waals surface area contributed by atoms with Crippen molar-refractivity contribution in [1.82, 2.24) is 9.88 Å². The first-order chi connectivity index (χ1) is 11.9. The molecule has 1 aromatic heterocycles. The van der Waals surface area contributed by atoms with Crippen LogP contribution in [-0.4, -0.2) is 48.8 Å². The highest BCUT2D eigenvalue weighted by Crippen LogP contribution is 2.30. The first kappa shape index (κ1) is 17.9. The Kier molecular flexibility index (Phi) is 5.15. The van der Waals surface area contributed by atoms with Gasteiger partial charge in [-0.05, 0) is 37.6 Å². The molecule has 1 aliphatic rings. The largest absolute Gasteiger partial charge is 0.338 e. The molecule has 0 saturated carbocycles. The maximum atomic E-state index is 12.9. The van der Waals surface area contributed by atoms with Crippen molar-refractivity contribution in [3.05, 3.63) is 53.7 Å². The van der Waals surface area contributed by atoms with E-state index < -0.39 is 9.84 Å². The van der Waals surface area contributed by atoms with Gasteiger partial charge in [-0.25, -0.2) is 13.4 Å². The van der Waals surface area contributed by atoms with Gasteiger partial charge in [0.05, 0.1) is 17.1 Å². The number of sulfone groups is 1. The SMILES string of the molecule is Cc1ccc(Sc2ncccc2C(=O)N(C)[C@@H]2CCS(=O)(=O)C2)cc1. The Morgan fingerprint density at radius 1 is 1.24 bits per heavy atom. The molecule has 1 aliphatic heterocycles. The molecule has 5 nitrogen and oxygen atoms in total. The van der Waals surface area contributed by atoms with Gasteiger partial charge < -0.3 is 4.90 Å². The van der Waals surface area contributed by atoms with E-state index in [1.54, 1.807) is 30.3 Å². The summed E-state index contributed by atoms with van der Waals surface area (Å²) in [5.41, 5.74) is 1.67. The lowest BCUT2D eigenvalue weighted by atomic mass is 10.2. The van der Waals surface area contributed by atoms with Gasteiger partial charge in [0.15, 0.2) is 9.84 Å². The number of aryl methyl sites for hydroxylation is 1. The van der Waals surface area contributed by atoms with Crippen LogP contribution in [0.3, 0.4) is 0 Å². The van der Waals surface area contributed by atoms with Crippen LogP contribution in [0, 0.1) is 6.92 Å². The van der Waals surface area contributed by atoms with Gasteiger partial charge in [0.25, 0.3) is 5.91 Å². The quantitative estimate of drug-likeness (QED) is 0.821. The third kappa shape index (κ3) is 4.22. The van der Waals surface area contributed by atoms with Crippen molar-refractivity contribution in [3.63, 3.8) is 0 Å². The average Bonchev–Trinajstić information content (AvgIpc) is 2.96. The van der Waals surface area contributed by atoms with E-state index in [9.17, 15) is 13.2 Å². The Morgan fingerprint density at radius 2 is 1.96 bits per heavy atom. The molecule has 7 heteroatoms. The molecular weight excluding hydrogens is 356 g/mol. The van der Waals surface area contributed by atoms with Crippen molar-refractivity contribution in [2.24, 2.45) is 0 Å². The molecule has 0 aliphatic carbocycles. The van der Waals surface area contributed by atoms with Crippen LogP contribution >= 0.6 is 11.8 Å². The highest BCUT2D eigenvalue weighted by Gasteiger charge is 2.33. The summed E-state index contributed by atoms with van der Waals surface area (Å²) >= 11 is 1.43. The second-order valence-corrected chi connectivity index (χ2v) is 9.54. The Balaban J connectivity index is 1.82. The van der Waals surface area contributed by atoms with E-state index in [0.717, 1.165) is 4.90 Å². The van der Waals surface area contributed by atoms with Crippen LogP contribution in [0.2, 0.25) is 0 Å². The highest BCUT2D eigenvalue weighted by atomic mass is 32.2. The summed E-state index contributed by atoms with van der Waals surface area (Å²) in [7, 11) is -1.37. The first-order valence-corrected chi connectivity index (χ1v) is 10.7. The zero-order valence-electron chi connectivity index (χ0n) is 14.2. The molecule has 1 aromatic carbocycles. The van der Waals surface area contributed by atoms with Crippen molar-refractivity contribution >= 4 is 27.5 Å². The maximum Gasteiger partial charge on any atom is 0.256 e. The summed E-state index contributed by atoms with van der Waals surface area (Å²) in [6.07, 6.45) is 2.15. The van der Waals surface area contributed by atoms with E-state index in [-0.39, 0.29) is 23.5 Å². The predicted octanol–water partition coefficient (Wildman–Crippen LogP) is 2.80. The summed E-state index contributed by atoms with van der Waals surface area (Å²) < 4.78 is 23.4. The molecule has 1 amide bonds. The fourth-order valence-electron chi connectivity index (χ4n) is 2.79. The lowest BCUT2D eigenvalue weighted by Gasteiger charge is -2.24. The molecule has 2 aromatic rings. The van der Waals surface area contributed by atoms with Crippen LogP contribution < -0.4 is 0 Å². The summed E-state index contributed by atoms with van der Waals surface area (Å²) in [6.45, 7) is 2.02. The van der Waals surface area contributed by atoms with Crippen LogP contribution in [0.5, 0.6) is 0 Å². The van der Waals surface area contributed by atoms with Crippen LogP contribution in [0.1, 0.15) is 22.3 Å². The van der Waals surface area contributed by atoms with Crippen molar-refractivity contribution < 1.29 is 13.2 Å². The molecular formula is C18H20N2O3S2. The van der Waals surface area contributed by atoms with Crippen molar-refractivity contribution in [1.29, 1.82) is 0 Å². The van der Waals surface area contributed by atoms with Gasteiger partial charge >= 0.3 is 0 Å². The minimum atomic E-state index is -3.03. The lowest BCUT2D eigenvalue weighted by Crippen LogP contribution is -2.38. The fraction of sp³-hybridized carbons (Fsp3) is 0.333. The topological polar surface area (TPSA) is 67.3 Å². The molecule has 132 valence electrons. The second kappa shape index (κ2) is 7.17. The molecule has 0 bridgehead atoms. The number of amides is 1. The Bertz CT molecular complexity index is 879. The normalized spacial score (nSPS) is 18.9. The molecule has 1 atom stereocenters. The highest BCUT2D eigenvalue weighted by molar-refractivity contribution is 7.99. The number of aromatic nitrogens is 1. The zero-order valence-corrected chi connectivity index (χ0v) is 15.8. The van der Waals surface area contributed by atoms with Gasteiger partial charge in [-0.1, -0.05) is 29.5 Å². The molecule has 1 fully saturated rings. The molecule has 2 heterocycles. The molecule has 0 N–H and O–H groups in total. The van der Waals surface area contributed by atoms with E-state index in [1.807, 2.05) is 31.2 Å². The maximum absolute atomic E-state index is 12.9. The van der Waals surface area contributed by atoms with Crippen LogP contribution in [-0.2, 0) is 9.84 Å². The van der Waals surface area contributed by atoms with E-state index in [0.29, 0.717) is 17.0 Å². The van der Waals surface area contributed by atoms with Crippen molar-refractivity contribution in [3.8, 4) is 0 Å². The minimum Gasteiger partial charge on any atom is -0.338 e. The fourth-order valence-corrected chi connectivity index (χ4v) is 5.44. The minimum absolute atomic E-state index is 0.0376. The molecule has 0 spiro atoms. The van der Waals surface area contributed by atoms with Gasteiger partial charge in [-0.3, -0.25) is 4.79 Å². The van der Waals surface area contributed by atoms with E-state index in [4.69, 9.17) is 0 Å². The standard InChI is InChI=1S/C18H20N2O3S2/c1-13-5-7-15(8-6-13)24-17-16(4-3-10-19-17)18(21)20(2)14-9-11-25(22,23)12-14/h3-8,10,14H,9,11-12H2,1-2H3/t14-/m1/s1. The van der Waals surface area contributed by atoms with E-state index in [1.165, 1.54) is 17.3 Å². The number of nitrogens with zero attached hydrogens (tertiary/aromatic N) is 2. The summed E-state index contributed by atoms with van der Waals surface area (Å²) in [4.78, 5) is 19.8. The van der Waals surface area contributed by atoms with E-state index in [2.05, 4.69) is 4.98 Å². The van der Waals surface area contributed by atoms with Gasteiger partial charge in [0, 0.05) is 24.2 Å². The smallest absolute Gasteiger partial charge is 0.256 e. The number of benzene rings is 1. The van der Waals surface area contributed by atoms with E-state index >= 15 is 0 Å². The lowest BCUT2D eigenvalue weighted by molar-refractivity contribution is 0.0743. The number of carbonyl (C=O) groups is 1. The third-order valence-electron chi connectivity index (χ3n) is 4.31. The van der Waals surface area contributed by atoms with Crippen LogP contribution in [0.25, 0.3) is 0 Å². The number of hydrogen-bond donors (Lipinski definition) is 0. The molecule has 0 radical (unpaired) electrons. The zero-order chi connectivity index (χ0) is 18.0.